The number of aromatic nitrogens is 1. The van der Waals surface area contributed by atoms with Crippen molar-refractivity contribution in [2.45, 2.75) is 9.10 Å². The number of hydrogen-bond acceptors (Lipinski definition) is 5. The monoisotopic (exact) mass is 277 g/mol. The largest absolute Gasteiger partial charge is 0.192 e. The quantitative estimate of drug-likeness (QED) is 0.840. The molecule has 0 aliphatic heterocycles. The molecule has 0 unspecified atom stereocenters. The van der Waals surface area contributed by atoms with Crippen LogP contribution in [0, 0.1) is 22.7 Å². The van der Waals surface area contributed by atoms with Crippen molar-refractivity contribution < 1.29 is 0 Å². The Hall–Kier alpha value is -1.53. The third kappa shape index (κ3) is 2.59. The molecule has 0 atom stereocenters. The van der Waals surface area contributed by atoms with Crippen molar-refractivity contribution in [3.63, 3.8) is 0 Å². The van der Waals surface area contributed by atoms with Crippen LogP contribution in [0.5, 0.6) is 0 Å². The number of rotatable bonds is 2. The van der Waals surface area contributed by atoms with Gasteiger partial charge >= 0.3 is 0 Å². The first kappa shape index (κ1) is 11.9. The number of nitriles is 2. The molecule has 0 bridgehead atoms. The molecule has 0 saturated heterocycles. The minimum Gasteiger partial charge on any atom is -0.192 e. The first-order valence-electron chi connectivity index (χ1n) is 4.48. The Kier molecular flexibility index (Phi) is 3.65. The van der Waals surface area contributed by atoms with Crippen molar-refractivity contribution in [3.8, 4) is 12.1 Å². The maximum absolute atomic E-state index is 8.93. The zero-order chi connectivity index (χ0) is 12.3. The van der Waals surface area contributed by atoms with E-state index in [1.165, 1.54) is 23.3 Å². The summed E-state index contributed by atoms with van der Waals surface area (Å²) in [5.74, 6) is 0. The number of hydrogen-bond donors (Lipinski definition) is 0. The average Bonchev–Trinajstić information content (AvgIpc) is 2.70. The van der Waals surface area contributed by atoms with E-state index in [9.17, 15) is 0 Å². The molecule has 2 rings (SSSR count). The van der Waals surface area contributed by atoms with E-state index in [2.05, 4.69) is 10.4 Å². The molecule has 1 aromatic carbocycles. The lowest BCUT2D eigenvalue weighted by Crippen LogP contribution is -1.77. The van der Waals surface area contributed by atoms with E-state index in [1.807, 2.05) is 12.1 Å². The Morgan fingerprint density at radius 3 is 2.82 bits per heavy atom. The Morgan fingerprint density at radius 2 is 2.12 bits per heavy atom. The Bertz CT molecular complexity index is 637. The number of halogens is 1. The molecule has 82 valence electrons. The molecule has 0 amide bonds. The van der Waals surface area contributed by atoms with Gasteiger partial charge in [0.2, 0.25) is 0 Å². The van der Waals surface area contributed by atoms with Crippen LogP contribution in [-0.4, -0.2) is 4.37 Å². The van der Waals surface area contributed by atoms with Crippen molar-refractivity contribution in [2.75, 3.05) is 0 Å². The normalized spacial score (nSPS) is 9.59. The lowest BCUT2D eigenvalue weighted by atomic mass is 10.2. The van der Waals surface area contributed by atoms with Crippen molar-refractivity contribution in [1.29, 1.82) is 10.5 Å². The highest BCUT2D eigenvalue weighted by molar-refractivity contribution is 8.01. The predicted molar refractivity (Wildman–Crippen MR) is 67.1 cm³/mol. The second-order valence-corrected chi connectivity index (χ2v) is 5.46. The van der Waals surface area contributed by atoms with Gasteiger partial charge in [-0.1, -0.05) is 29.4 Å². The smallest absolute Gasteiger partial charge is 0.161 e. The summed E-state index contributed by atoms with van der Waals surface area (Å²) in [5, 5.41) is 18.0. The minimum absolute atomic E-state index is 0.233. The van der Waals surface area contributed by atoms with Crippen LogP contribution in [-0.2, 0) is 0 Å². The molecule has 0 fully saturated rings. The maximum Gasteiger partial charge on any atom is 0.161 e. The number of benzene rings is 1. The fourth-order valence-electron chi connectivity index (χ4n) is 1.15. The van der Waals surface area contributed by atoms with Crippen molar-refractivity contribution in [3.05, 3.63) is 40.5 Å². The molecule has 6 heteroatoms. The summed E-state index contributed by atoms with van der Waals surface area (Å²) in [6.45, 7) is 0. The van der Waals surface area contributed by atoms with Gasteiger partial charge in [0.15, 0.2) is 5.15 Å². The highest BCUT2D eigenvalue weighted by atomic mass is 35.5. The molecular weight excluding hydrogens is 274 g/mol. The van der Waals surface area contributed by atoms with Gasteiger partial charge < -0.3 is 0 Å². The highest BCUT2D eigenvalue weighted by Crippen LogP contribution is 2.36. The lowest BCUT2D eigenvalue weighted by Gasteiger charge is -1.98. The Balaban J connectivity index is 2.32. The standard InChI is InChI=1S/C11H4ClN3S2/c12-10-9(6-14)11(17-15-10)16-8-3-1-2-7(4-8)5-13/h1-4H. The molecule has 1 aromatic heterocycles. The van der Waals surface area contributed by atoms with Crippen molar-refractivity contribution in [1.82, 2.24) is 4.37 Å². The van der Waals surface area contributed by atoms with Crippen LogP contribution in [0.2, 0.25) is 5.15 Å². The fraction of sp³-hybridized carbons (Fsp3) is 0. The van der Waals surface area contributed by atoms with Gasteiger partial charge in [-0.05, 0) is 29.7 Å². The summed E-state index contributed by atoms with van der Waals surface area (Å²) >= 11 is 8.35. The van der Waals surface area contributed by atoms with Crippen LogP contribution in [0.25, 0.3) is 0 Å². The molecular formula is C11H4ClN3S2. The maximum atomic E-state index is 8.93. The molecule has 2 aromatic rings. The molecule has 0 aliphatic rings. The summed E-state index contributed by atoms with van der Waals surface area (Å²) in [4.78, 5) is 0.890. The van der Waals surface area contributed by atoms with E-state index in [4.69, 9.17) is 22.1 Å². The SMILES string of the molecule is N#Cc1cccc(Sc2snc(Cl)c2C#N)c1. The van der Waals surface area contributed by atoms with Crippen LogP contribution in [0.3, 0.4) is 0 Å². The molecule has 1 heterocycles. The summed E-state index contributed by atoms with van der Waals surface area (Å²) in [7, 11) is 0. The van der Waals surface area contributed by atoms with E-state index in [-0.39, 0.29) is 5.15 Å². The molecule has 0 aliphatic carbocycles. The van der Waals surface area contributed by atoms with E-state index >= 15 is 0 Å². The summed E-state index contributed by atoms with van der Waals surface area (Å²) in [6.07, 6.45) is 0. The van der Waals surface area contributed by atoms with Gasteiger partial charge in [0.1, 0.15) is 15.8 Å². The van der Waals surface area contributed by atoms with Gasteiger partial charge in [0.25, 0.3) is 0 Å². The summed E-state index contributed by atoms with van der Waals surface area (Å²) in [5.41, 5.74) is 0.980. The predicted octanol–water partition coefficient (Wildman–Crippen LogP) is 3.69. The minimum atomic E-state index is 0.233. The third-order valence-electron chi connectivity index (χ3n) is 1.90. The zero-order valence-electron chi connectivity index (χ0n) is 8.35. The van der Waals surface area contributed by atoms with Crippen LogP contribution < -0.4 is 0 Å². The Labute approximate surface area is 111 Å². The van der Waals surface area contributed by atoms with Crippen LogP contribution in [0.4, 0.5) is 0 Å². The van der Waals surface area contributed by atoms with Crippen molar-refractivity contribution >= 4 is 34.9 Å². The molecule has 17 heavy (non-hydrogen) atoms. The summed E-state index contributed by atoms with van der Waals surface area (Å²) in [6, 6.07) is 11.3. The zero-order valence-corrected chi connectivity index (χ0v) is 10.7. The van der Waals surface area contributed by atoms with Crippen molar-refractivity contribution in [2.24, 2.45) is 0 Å². The van der Waals surface area contributed by atoms with Crippen LogP contribution in [0.15, 0.2) is 33.4 Å². The summed E-state index contributed by atoms with van der Waals surface area (Å²) < 4.78 is 4.67. The van der Waals surface area contributed by atoms with E-state index < -0.39 is 0 Å². The second-order valence-electron chi connectivity index (χ2n) is 2.99. The van der Waals surface area contributed by atoms with Gasteiger partial charge in [-0.15, -0.1) is 0 Å². The average molecular weight is 278 g/mol. The van der Waals surface area contributed by atoms with Gasteiger partial charge in [-0.3, -0.25) is 0 Å². The van der Waals surface area contributed by atoms with Crippen LogP contribution in [0.1, 0.15) is 11.1 Å². The third-order valence-corrected chi connectivity index (χ3v) is 4.27. The molecule has 0 spiro atoms. The first-order valence-corrected chi connectivity index (χ1v) is 6.44. The Morgan fingerprint density at radius 1 is 1.29 bits per heavy atom. The molecule has 0 radical (unpaired) electrons. The van der Waals surface area contributed by atoms with Crippen LogP contribution >= 0.6 is 34.9 Å². The lowest BCUT2D eigenvalue weighted by molar-refractivity contribution is 1.39. The van der Waals surface area contributed by atoms with Gasteiger partial charge in [-0.25, -0.2) is 0 Å². The van der Waals surface area contributed by atoms with Gasteiger partial charge in [0.05, 0.1) is 11.6 Å². The fourth-order valence-corrected chi connectivity index (χ4v) is 3.34. The van der Waals surface area contributed by atoms with E-state index in [0.29, 0.717) is 11.1 Å². The number of nitrogens with zero attached hydrogens (tertiary/aromatic N) is 3. The first-order chi connectivity index (χ1) is 8.24. The van der Waals surface area contributed by atoms with Gasteiger partial charge in [0, 0.05) is 4.90 Å². The van der Waals surface area contributed by atoms with E-state index in [0.717, 1.165) is 9.10 Å². The molecule has 3 nitrogen and oxygen atoms in total. The van der Waals surface area contributed by atoms with Gasteiger partial charge in [-0.2, -0.15) is 14.9 Å². The second kappa shape index (κ2) is 5.20. The molecule has 0 N–H and O–H groups in total. The topological polar surface area (TPSA) is 60.5 Å². The molecule has 0 saturated carbocycles. The van der Waals surface area contributed by atoms with E-state index in [1.54, 1.807) is 18.2 Å². The highest BCUT2D eigenvalue weighted by Gasteiger charge is 2.13.